The zero-order chi connectivity index (χ0) is 15.2. The quantitative estimate of drug-likeness (QED) is 0.689. The van der Waals surface area contributed by atoms with Crippen LogP contribution in [0, 0.1) is 0 Å². The van der Waals surface area contributed by atoms with Crippen molar-refractivity contribution in [1.29, 1.82) is 0 Å². The lowest BCUT2D eigenvalue weighted by atomic mass is 10.0. The third-order valence-corrected chi connectivity index (χ3v) is 3.84. The van der Waals surface area contributed by atoms with Crippen molar-refractivity contribution in [3.05, 3.63) is 0 Å². The number of piperidine rings is 1. The highest BCUT2D eigenvalue weighted by Gasteiger charge is 2.30. The van der Waals surface area contributed by atoms with Gasteiger partial charge in [0.2, 0.25) is 11.8 Å². The second-order valence-corrected chi connectivity index (χ2v) is 5.26. The molecular weight excluding hydrogens is 276 g/mol. The average molecular weight is 298 g/mol. The number of likely N-dealkylation sites (tertiary alicyclic amines) is 1. The minimum atomic E-state index is -0.550. The molecule has 4 amide bonds. The molecule has 0 aromatic carbocycles. The molecular formula is C13H22N4O4. The Kier molecular flexibility index (Phi) is 5.38. The van der Waals surface area contributed by atoms with E-state index in [1.807, 2.05) is 0 Å². The minimum Gasteiger partial charge on any atom is -0.378 e. The van der Waals surface area contributed by atoms with E-state index in [1.54, 1.807) is 4.90 Å². The number of carbonyl (C=O) groups excluding carboxylic acids is 3. The molecule has 2 heterocycles. The number of primary amides is 1. The van der Waals surface area contributed by atoms with E-state index in [9.17, 15) is 14.4 Å². The topological polar surface area (TPSA) is 105 Å². The first-order valence-corrected chi connectivity index (χ1v) is 7.29. The van der Waals surface area contributed by atoms with Gasteiger partial charge in [-0.25, -0.2) is 4.79 Å². The van der Waals surface area contributed by atoms with Gasteiger partial charge in [0.05, 0.1) is 19.8 Å². The predicted molar refractivity (Wildman–Crippen MR) is 74.3 cm³/mol. The number of nitrogens with zero attached hydrogens (tertiary/aromatic N) is 2. The van der Waals surface area contributed by atoms with E-state index >= 15 is 0 Å². The van der Waals surface area contributed by atoms with Crippen molar-refractivity contribution in [2.24, 2.45) is 5.73 Å². The van der Waals surface area contributed by atoms with E-state index in [0.717, 1.165) is 12.8 Å². The molecule has 0 aliphatic carbocycles. The van der Waals surface area contributed by atoms with E-state index in [0.29, 0.717) is 39.3 Å². The fourth-order valence-electron chi connectivity index (χ4n) is 2.66. The molecule has 0 aromatic rings. The molecule has 3 N–H and O–H groups in total. The Labute approximate surface area is 123 Å². The van der Waals surface area contributed by atoms with Crippen LogP contribution >= 0.6 is 0 Å². The highest BCUT2D eigenvalue weighted by Crippen LogP contribution is 2.16. The first-order chi connectivity index (χ1) is 10.1. The maximum Gasteiger partial charge on any atom is 0.317 e. The van der Waals surface area contributed by atoms with Gasteiger partial charge in [-0.15, -0.1) is 0 Å². The Morgan fingerprint density at radius 3 is 2.52 bits per heavy atom. The van der Waals surface area contributed by atoms with Gasteiger partial charge in [0, 0.05) is 19.6 Å². The van der Waals surface area contributed by atoms with Crippen LogP contribution in [-0.2, 0) is 14.3 Å². The summed E-state index contributed by atoms with van der Waals surface area (Å²) in [5.74, 6) is -0.748. The molecule has 8 heteroatoms. The minimum absolute atomic E-state index is 0.111. The van der Waals surface area contributed by atoms with Crippen molar-refractivity contribution < 1.29 is 19.1 Å². The molecule has 2 saturated heterocycles. The molecule has 118 valence electrons. The summed E-state index contributed by atoms with van der Waals surface area (Å²) >= 11 is 0. The number of amides is 4. The standard InChI is InChI=1S/C13H22N4O4/c14-12(19)10-3-1-2-4-17(10)11(18)9-15-13(20)16-5-7-21-8-6-16/h10H,1-9H2,(H2,14,19)(H,15,20)/t10-/m0/s1. The highest BCUT2D eigenvalue weighted by molar-refractivity contribution is 5.89. The van der Waals surface area contributed by atoms with Crippen molar-refractivity contribution in [3.63, 3.8) is 0 Å². The van der Waals surface area contributed by atoms with E-state index in [4.69, 9.17) is 10.5 Å². The Bertz CT molecular complexity index is 409. The summed E-state index contributed by atoms with van der Waals surface area (Å²) in [7, 11) is 0. The fraction of sp³-hybridized carbons (Fsp3) is 0.769. The molecule has 2 rings (SSSR count). The average Bonchev–Trinajstić information content (AvgIpc) is 2.53. The van der Waals surface area contributed by atoms with Crippen LogP contribution in [-0.4, -0.2) is 73.1 Å². The second kappa shape index (κ2) is 7.26. The van der Waals surface area contributed by atoms with E-state index in [-0.39, 0.29) is 18.5 Å². The Hall–Kier alpha value is -1.83. The fourth-order valence-corrected chi connectivity index (χ4v) is 2.66. The number of carbonyl (C=O) groups is 3. The molecule has 0 unspecified atom stereocenters. The van der Waals surface area contributed by atoms with Crippen molar-refractivity contribution in [2.75, 3.05) is 39.4 Å². The van der Waals surface area contributed by atoms with Gasteiger partial charge in [-0.1, -0.05) is 0 Å². The van der Waals surface area contributed by atoms with E-state index < -0.39 is 11.9 Å². The van der Waals surface area contributed by atoms with Gasteiger partial charge in [-0.2, -0.15) is 0 Å². The summed E-state index contributed by atoms with van der Waals surface area (Å²) in [6, 6.07) is -0.828. The number of hydrogen-bond acceptors (Lipinski definition) is 4. The number of rotatable bonds is 3. The molecule has 0 spiro atoms. The summed E-state index contributed by atoms with van der Waals surface area (Å²) < 4.78 is 5.16. The van der Waals surface area contributed by atoms with Gasteiger partial charge in [0.1, 0.15) is 6.04 Å². The zero-order valence-corrected chi connectivity index (χ0v) is 12.0. The van der Waals surface area contributed by atoms with Crippen molar-refractivity contribution >= 4 is 17.8 Å². The molecule has 0 saturated carbocycles. The molecule has 0 aromatic heterocycles. The largest absolute Gasteiger partial charge is 0.378 e. The molecule has 0 bridgehead atoms. The van der Waals surface area contributed by atoms with Crippen LogP contribution in [0.25, 0.3) is 0 Å². The molecule has 0 radical (unpaired) electrons. The van der Waals surface area contributed by atoms with Crippen molar-refractivity contribution in [3.8, 4) is 0 Å². The predicted octanol–water partition coefficient (Wildman–Crippen LogP) is -1.11. The van der Waals surface area contributed by atoms with Crippen LogP contribution in [0.15, 0.2) is 0 Å². The zero-order valence-electron chi connectivity index (χ0n) is 12.0. The number of hydrogen-bond donors (Lipinski definition) is 2. The summed E-state index contributed by atoms with van der Waals surface area (Å²) in [5.41, 5.74) is 5.33. The number of ether oxygens (including phenoxy) is 1. The number of nitrogens with two attached hydrogens (primary N) is 1. The summed E-state index contributed by atoms with van der Waals surface area (Å²) in [4.78, 5) is 38.5. The number of urea groups is 1. The van der Waals surface area contributed by atoms with Crippen LogP contribution in [0.1, 0.15) is 19.3 Å². The Morgan fingerprint density at radius 2 is 1.86 bits per heavy atom. The monoisotopic (exact) mass is 298 g/mol. The van der Waals surface area contributed by atoms with Gasteiger partial charge < -0.3 is 25.6 Å². The third kappa shape index (κ3) is 4.07. The van der Waals surface area contributed by atoms with Gasteiger partial charge in [0.15, 0.2) is 0 Å². The van der Waals surface area contributed by atoms with E-state index in [2.05, 4.69) is 5.32 Å². The van der Waals surface area contributed by atoms with E-state index in [1.165, 1.54) is 4.90 Å². The Morgan fingerprint density at radius 1 is 1.14 bits per heavy atom. The van der Waals surface area contributed by atoms with Gasteiger partial charge in [-0.3, -0.25) is 9.59 Å². The normalized spacial score (nSPS) is 22.8. The lowest BCUT2D eigenvalue weighted by Gasteiger charge is -2.34. The summed E-state index contributed by atoms with van der Waals surface area (Å²) in [6.07, 6.45) is 2.34. The molecule has 8 nitrogen and oxygen atoms in total. The van der Waals surface area contributed by atoms with Gasteiger partial charge in [-0.05, 0) is 19.3 Å². The number of morpholine rings is 1. The maximum atomic E-state index is 12.2. The smallest absolute Gasteiger partial charge is 0.317 e. The van der Waals surface area contributed by atoms with Crippen molar-refractivity contribution in [2.45, 2.75) is 25.3 Å². The molecule has 21 heavy (non-hydrogen) atoms. The second-order valence-electron chi connectivity index (χ2n) is 5.26. The van der Waals surface area contributed by atoms with Crippen LogP contribution in [0.5, 0.6) is 0 Å². The number of nitrogens with one attached hydrogen (secondary N) is 1. The van der Waals surface area contributed by atoms with Crippen LogP contribution in [0.3, 0.4) is 0 Å². The summed E-state index contributed by atoms with van der Waals surface area (Å²) in [5, 5.41) is 2.60. The first kappa shape index (κ1) is 15.6. The SMILES string of the molecule is NC(=O)[C@@H]1CCCCN1C(=O)CNC(=O)N1CCOCC1. The Balaban J connectivity index is 1.82. The summed E-state index contributed by atoms with van der Waals surface area (Å²) in [6.45, 7) is 2.47. The van der Waals surface area contributed by atoms with Crippen molar-refractivity contribution in [1.82, 2.24) is 15.1 Å². The van der Waals surface area contributed by atoms with Crippen LogP contribution in [0.4, 0.5) is 4.79 Å². The van der Waals surface area contributed by atoms with Crippen LogP contribution < -0.4 is 11.1 Å². The molecule has 1 atom stereocenters. The van der Waals surface area contributed by atoms with Crippen LogP contribution in [0.2, 0.25) is 0 Å². The maximum absolute atomic E-state index is 12.2. The highest BCUT2D eigenvalue weighted by atomic mass is 16.5. The lowest BCUT2D eigenvalue weighted by Crippen LogP contribution is -2.54. The molecule has 2 aliphatic rings. The van der Waals surface area contributed by atoms with Gasteiger partial charge >= 0.3 is 6.03 Å². The van der Waals surface area contributed by atoms with Gasteiger partial charge in [0.25, 0.3) is 0 Å². The molecule has 2 fully saturated rings. The first-order valence-electron chi connectivity index (χ1n) is 7.29. The molecule has 2 aliphatic heterocycles. The third-order valence-electron chi connectivity index (χ3n) is 3.84. The lowest BCUT2D eigenvalue weighted by molar-refractivity contribution is -0.140.